The number of carbonyl (C=O) groups excluding carboxylic acids is 3. The van der Waals surface area contributed by atoms with E-state index in [-0.39, 0.29) is 42.6 Å². The number of rotatable bonds is 6. The molecule has 1 fully saturated rings. The van der Waals surface area contributed by atoms with Crippen molar-refractivity contribution < 1.29 is 27.9 Å². The maximum Gasteiger partial charge on any atom is 0.306 e. The Morgan fingerprint density at radius 3 is 2.68 bits per heavy atom. The summed E-state index contributed by atoms with van der Waals surface area (Å²) in [6, 6.07) is 1.86. The average molecular weight is 437 g/mol. The number of halogens is 2. The van der Waals surface area contributed by atoms with E-state index in [1.807, 2.05) is 0 Å². The maximum absolute atomic E-state index is 15.3. The molecule has 0 aliphatic carbocycles. The minimum atomic E-state index is -1.22. The Morgan fingerprint density at radius 2 is 2.06 bits per heavy atom. The molecule has 1 saturated heterocycles. The zero-order chi connectivity index (χ0) is 22.9. The largest absolute Gasteiger partial charge is 0.460 e. The van der Waals surface area contributed by atoms with Crippen LogP contribution in [-0.2, 0) is 20.9 Å². The molecule has 31 heavy (non-hydrogen) atoms. The molecule has 2 aliphatic rings. The van der Waals surface area contributed by atoms with Gasteiger partial charge >= 0.3 is 5.97 Å². The van der Waals surface area contributed by atoms with Crippen molar-refractivity contribution in [3.63, 3.8) is 0 Å². The number of alkyl halides is 1. The highest BCUT2D eigenvalue weighted by molar-refractivity contribution is 6.01. The number of ether oxygens (including phenoxy) is 1. The number of benzene rings is 1. The van der Waals surface area contributed by atoms with E-state index in [0.29, 0.717) is 13.0 Å². The number of nitrogens with zero attached hydrogens (tertiary/aromatic N) is 1. The molecule has 0 bridgehead atoms. The monoisotopic (exact) mass is 437 g/mol. The second-order valence-corrected chi connectivity index (χ2v) is 9.09. The Kier molecular flexibility index (Phi) is 6.64. The molecule has 2 amide bonds. The fraction of sp³-hybridized carbons (Fsp3) is 0.591. The molecule has 0 aromatic heterocycles. The van der Waals surface area contributed by atoms with E-state index in [2.05, 4.69) is 5.32 Å². The number of nitrogens with two attached hydrogens (primary N) is 1. The lowest BCUT2D eigenvalue weighted by Gasteiger charge is -2.27. The number of hydrogen-bond donors (Lipinski definition) is 2. The van der Waals surface area contributed by atoms with Gasteiger partial charge in [0.25, 0.3) is 5.91 Å². The van der Waals surface area contributed by atoms with Crippen LogP contribution in [0, 0.1) is 5.82 Å². The van der Waals surface area contributed by atoms with Crippen LogP contribution >= 0.6 is 0 Å². The fourth-order valence-electron chi connectivity index (χ4n) is 4.20. The Labute approximate surface area is 180 Å². The Hall–Kier alpha value is -2.55. The minimum Gasteiger partial charge on any atom is -0.460 e. The van der Waals surface area contributed by atoms with Gasteiger partial charge in [0.1, 0.15) is 23.6 Å². The molecule has 0 saturated carbocycles. The van der Waals surface area contributed by atoms with Gasteiger partial charge in [-0.3, -0.25) is 14.4 Å². The lowest BCUT2D eigenvalue weighted by atomic mass is 9.86. The molecule has 3 atom stereocenters. The first-order valence-corrected chi connectivity index (χ1v) is 10.5. The highest BCUT2D eigenvalue weighted by atomic mass is 19.1. The predicted octanol–water partition coefficient (Wildman–Crippen LogP) is 2.17. The minimum absolute atomic E-state index is 0.0285. The van der Waals surface area contributed by atoms with Crippen molar-refractivity contribution in [2.45, 2.75) is 70.3 Å². The van der Waals surface area contributed by atoms with Gasteiger partial charge in [-0.2, -0.15) is 0 Å². The van der Waals surface area contributed by atoms with Gasteiger partial charge in [0.2, 0.25) is 5.91 Å². The van der Waals surface area contributed by atoms with Crippen LogP contribution in [0.25, 0.3) is 0 Å². The third-order valence-corrected chi connectivity index (χ3v) is 5.65. The molecule has 2 heterocycles. The van der Waals surface area contributed by atoms with E-state index in [0.717, 1.165) is 0 Å². The number of piperidine rings is 1. The number of amides is 2. The van der Waals surface area contributed by atoms with Gasteiger partial charge in [-0.05, 0) is 51.8 Å². The van der Waals surface area contributed by atoms with Crippen LogP contribution in [0.4, 0.5) is 8.78 Å². The summed E-state index contributed by atoms with van der Waals surface area (Å²) in [6.07, 6.45) is -0.910. The Bertz CT molecular complexity index is 884. The van der Waals surface area contributed by atoms with Crippen LogP contribution < -0.4 is 11.1 Å². The third-order valence-electron chi connectivity index (χ3n) is 5.65. The molecule has 0 radical (unpaired) electrons. The molecular formula is C22H29F2N3O4. The first-order chi connectivity index (χ1) is 14.5. The summed E-state index contributed by atoms with van der Waals surface area (Å²) in [5, 5.41) is 2.94. The van der Waals surface area contributed by atoms with Crippen molar-refractivity contribution >= 4 is 17.8 Å². The Morgan fingerprint density at radius 1 is 1.35 bits per heavy atom. The first-order valence-electron chi connectivity index (χ1n) is 10.5. The van der Waals surface area contributed by atoms with E-state index < -0.39 is 47.3 Å². The van der Waals surface area contributed by atoms with Gasteiger partial charge in [0.15, 0.2) is 0 Å². The molecular weight excluding hydrogens is 408 g/mol. The first kappa shape index (κ1) is 23.1. The van der Waals surface area contributed by atoms with Crippen molar-refractivity contribution in [1.29, 1.82) is 0 Å². The third kappa shape index (κ3) is 5.03. The van der Waals surface area contributed by atoms with E-state index in [9.17, 15) is 18.8 Å². The SMILES string of the molecule is CC(C)(C)OC(=O)CCC(C(N)=O)N1Cc2c(ccc(C3CCNCC3F)c2F)C1=O. The number of fused-ring (bicyclic) bond motifs is 1. The molecule has 3 rings (SSSR count). The molecule has 7 nitrogen and oxygen atoms in total. The van der Waals surface area contributed by atoms with Gasteiger partial charge in [0.05, 0.1) is 6.54 Å². The van der Waals surface area contributed by atoms with Crippen LogP contribution in [0.1, 0.15) is 67.4 Å². The fourth-order valence-corrected chi connectivity index (χ4v) is 4.20. The van der Waals surface area contributed by atoms with Gasteiger partial charge in [-0.1, -0.05) is 6.07 Å². The molecule has 2 aliphatic heterocycles. The molecule has 1 aromatic rings. The number of nitrogens with one attached hydrogen (secondary N) is 1. The van der Waals surface area contributed by atoms with Crippen molar-refractivity contribution in [3.05, 3.63) is 34.6 Å². The molecule has 3 unspecified atom stereocenters. The molecule has 170 valence electrons. The highest BCUT2D eigenvalue weighted by Gasteiger charge is 2.39. The van der Waals surface area contributed by atoms with E-state index in [4.69, 9.17) is 10.5 Å². The summed E-state index contributed by atoms with van der Waals surface area (Å²) >= 11 is 0. The molecule has 9 heteroatoms. The van der Waals surface area contributed by atoms with Gasteiger partial charge in [-0.25, -0.2) is 8.78 Å². The number of hydrogen-bond acceptors (Lipinski definition) is 5. The smallest absolute Gasteiger partial charge is 0.306 e. The van der Waals surface area contributed by atoms with Crippen molar-refractivity contribution in [1.82, 2.24) is 10.2 Å². The average Bonchev–Trinajstić information content (AvgIpc) is 2.99. The second kappa shape index (κ2) is 8.90. The standard InChI is InChI=1S/C22H29F2N3O4/c1-22(2,3)31-18(28)7-6-17(20(25)29)27-11-15-14(21(27)30)5-4-13(19(15)24)12-8-9-26-10-16(12)23/h4-5,12,16-17,26H,6-11H2,1-3H3,(H2,25,29). The topological polar surface area (TPSA) is 102 Å². The van der Waals surface area contributed by atoms with Gasteiger partial charge in [0, 0.05) is 30.0 Å². The van der Waals surface area contributed by atoms with E-state index in [1.54, 1.807) is 20.8 Å². The summed E-state index contributed by atoms with van der Waals surface area (Å²) in [4.78, 5) is 38.1. The zero-order valence-corrected chi connectivity index (χ0v) is 18.0. The van der Waals surface area contributed by atoms with Gasteiger partial charge < -0.3 is 20.7 Å². The van der Waals surface area contributed by atoms with Crippen molar-refractivity contribution in [2.24, 2.45) is 5.73 Å². The summed E-state index contributed by atoms with van der Waals surface area (Å²) in [5.74, 6) is -3.03. The van der Waals surface area contributed by atoms with Crippen LogP contribution in [-0.4, -0.2) is 53.6 Å². The summed E-state index contributed by atoms with van der Waals surface area (Å²) in [6.45, 7) is 5.75. The summed E-state index contributed by atoms with van der Waals surface area (Å²) < 4.78 is 34.9. The molecule has 1 aromatic carbocycles. The number of carbonyl (C=O) groups is 3. The lowest BCUT2D eigenvalue weighted by Crippen LogP contribution is -2.45. The van der Waals surface area contributed by atoms with Crippen molar-refractivity contribution in [3.8, 4) is 0 Å². The summed E-state index contributed by atoms with van der Waals surface area (Å²) in [5.41, 5.74) is 5.33. The van der Waals surface area contributed by atoms with Gasteiger partial charge in [-0.15, -0.1) is 0 Å². The molecule has 3 N–H and O–H groups in total. The Balaban J connectivity index is 1.79. The quantitative estimate of drug-likeness (QED) is 0.665. The molecule has 0 spiro atoms. The lowest BCUT2D eigenvalue weighted by molar-refractivity contribution is -0.155. The van der Waals surface area contributed by atoms with E-state index >= 15 is 4.39 Å². The van der Waals surface area contributed by atoms with Crippen LogP contribution in [0.3, 0.4) is 0 Å². The van der Waals surface area contributed by atoms with Crippen LogP contribution in [0.5, 0.6) is 0 Å². The number of esters is 1. The number of primary amides is 1. The predicted molar refractivity (Wildman–Crippen MR) is 109 cm³/mol. The summed E-state index contributed by atoms with van der Waals surface area (Å²) in [7, 11) is 0. The second-order valence-electron chi connectivity index (χ2n) is 9.09. The normalized spacial score (nSPS) is 22.2. The maximum atomic E-state index is 15.3. The van der Waals surface area contributed by atoms with Crippen molar-refractivity contribution in [2.75, 3.05) is 13.1 Å². The zero-order valence-electron chi connectivity index (χ0n) is 18.0. The van der Waals surface area contributed by atoms with E-state index in [1.165, 1.54) is 17.0 Å². The highest BCUT2D eigenvalue weighted by Crippen LogP contribution is 2.36. The van der Waals surface area contributed by atoms with Crippen LogP contribution in [0.2, 0.25) is 0 Å². The van der Waals surface area contributed by atoms with Crippen LogP contribution in [0.15, 0.2) is 12.1 Å².